The van der Waals surface area contributed by atoms with Crippen molar-refractivity contribution < 1.29 is 18.8 Å². The fourth-order valence-corrected chi connectivity index (χ4v) is 3.97. The van der Waals surface area contributed by atoms with Crippen LogP contribution in [0, 0.1) is 5.41 Å². The summed E-state index contributed by atoms with van der Waals surface area (Å²) in [5, 5.41) is 15.3. The minimum Gasteiger partial charge on any atom is -0.444 e. The van der Waals surface area contributed by atoms with Crippen molar-refractivity contribution in [2.75, 3.05) is 31.6 Å². The van der Waals surface area contributed by atoms with Crippen molar-refractivity contribution in [1.82, 2.24) is 15.0 Å². The average molecular weight is 442 g/mol. The molecule has 2 fully saturated rings. The summed E-state index contributed by atoms with van der Waals surface area (Å²) in [7, 11) is 0. The van der Waals surface area contributed by atoms with Crippen LogP contribution < -0.4 is 5.32 Å². The van der Waals surface area contributed by atoms with Gasteiger partial charge in [0.1, 0.15) is 5.60 Å². The van der Waals surface area contributed by atoms with Gasteiger partial charge in [0, 0.05) is 48.6 Å². The summed E-state index contributed by atoms with van der Waals surface area (Å²) in [5.41, 5.74) is 2.00. The molecular weight excluding hydrogens is 410 g/mol. The molecule has 9 nitrogen and oxygen atoms in total. The number of nitrogens with zero attached hydrogens (tertiary/aromatic N) is 3. The van der Waals surface area contributed by atoms with E-state index in [1.807, 2.05) is 39.0 Å². The quantitative estimate of drug-likeness (QED) is 0.673. The zero-order valence-electron chi connectivity index (χ0n) is 18.9. The van der Waals surface area contributed by atoms with E-state index < -0.39 is 5.60 Å². The molecule has 0 spiro atoms. The molecular formula is C23H31N5O4. The number of anilines is 1. The van der Waals surface area contributed by atoms with E-state index in [2.05, 4.69) is 15.5 Å². The third-order valence-corrected chi connectivity index (χ3v) is 5.69. The smallest absolute Gasteiger partial charge is 0.410 e. The maximum absolute atomic E-state index is 12.3. The Morgan fingerprint density at radius 1 is 1.28 bits per heavy atom. The molecule has 1 unspecified atom stereocenters. The van der Waals surface area contributed by atoms with E-state index in [0.29, 0.717) is 31.4 Å². The number of nitrogens with one attached hydrogen (secondary N) is 2. The highest BCUT2D eigenvalue weighted by molar-refractivity contribution is 5.87. The van der Waals surface area contributed by atoms with E-state index in [1.165, 1.54) is 6.21 Å². The van der Waals surface area contributed by atoms with Gasteiger partial charge in [-0.3, -0.25) is 0 Å². The molecule has 32 heavy (non-hydrogen) atoms. The molecule has 1 aromatic carbocycles. The van der Waals surface area contributed by atoms with Gasteiger partial charge in [0.2, 0.25) is 11.7 Å². The highest BCUT2D eigenvalue weighted by Crippen LogP contribution is 2.30. The second-order valence-corrected chi connectivity index (χ2v) is 9.35. The highest BCUT2D eigenvalue weighted by atomic mass is 16.6. The standard InChI is InChI=1S/C23H31N5O4/c1-23(2,3)31-22(29)28-9-6-15(7-10-28)21-26-20(27-32-21)16-4-5-17(13-24)19(12-16)25-18-8-11-30-14-18/h4-5,12-13,15,18,24-25H,6-11,14H2,1-3H3. The van der Waals surface area contributed by atoms with Gasteiger partial charge in [-0.05, 0) is 46.1 Å². The Balaban J connectivity index is 1.42. The van der Waals surface area contributed by atoms with Gasteiger partial charge >= 0.3 is 6.09 Å². The van der Waals surface area contributed by atoms with E-state index in [0.717, 1.165) is 42.7 Å². The minimum atomic E-state index is -0.499. The van der Waals surface area contributed by atoms with Crippen molar-refractivity contribution in [2.45, 2.75) is 57.6 Å². The van der Waals surface area contributed by atoms with Crippen LogP contribution in [-0.2, 0) is 9.47 Å². The third kappa shape index (κ3) is 5.27. The number of carbonyl (C=O) groups excluding carboxylic acids is 1. The SMILES string of the molecule is CC(C)(C)OC(=O)N1CCC(c2nc(-c3ccc(C=N)c(NC4CCOC4)c3)no2)CC1. The largest absolute Gasteiger partial charge is 0.444 e. The van der Waals surface area contributed by atoms with Crippen LogP contribution in [0.3, 0.4) is 0 Å². The summed E-state index contributed by atoms with van der Waals surface area (Å²) in [6.07, 6.45) is 3.50. The Morgan fingerprint density at radius 3 is 2.72 bits per heavy atom. The number of ether oxygens (including phenoxy) is 2. The van der Waals surface area contributed by atoms with Crippen LogP contribution in [0.2, 0.25) is 0 Å². The van der Waals surface area contributed by atoms with Crippen LogP contribution in [0.4, 0.5) is 10.5 Å². The van der Waals surface area contributed by atoms with Crippen molar-refractivity contribution in [3.05, 3.63) is 29.7 Å². The van der Waals surface area contributed by atoms with Crippen molar-refractivity contribution >= 4 is 18.0 Å². The number of benzene rings is 1. The summed E-state index contributed by atoms with van der Waals surface area (Å²) in [6, 6.07) is 5.98. The van der Waals surface area contributed by atoms with Gasteiger partial charge in [0.15, 0.2) is 0 Å². The topological polar surface area (TPSA) is 114 Å². The molecule has 0 radical (unpaired) electrons. The molecule has 2 saturated heterocycles. The fourth-order valence-electron chi connectivity index (χ4n) is 3.97. The van der Waals surface area contributed by atoms with Crippen molar-refractivity contribution in [1.29, 1.82) is 5.41 Å². The molecule has 0 bridgehead atoms. The summed E-state index contributed by atoms with van der Waals surface area (Å²) >= 11 is 0. The Kier molecular flexibility index (Phi) is 6.45. The Hall–Kier alpha value is -2.94. The number of hydrogen-bond donors (Lipinski definition) is 2. The second-order valence-electron chi connectivity index (χ2n) is 9.35. The Labute approximate surface area is 188 Å². The van der Waals surface area contributed by atoms with Crippen LogP contribution in [0.25, 0.3) is 11.4 Å². The van der Waals surface area contributed by atoms with E-state index >= 15 is 0 Å². The maximum atomic E-state index is 12.3. The minimum absolute atomic E-state index is 0.115. The number of hydrogen-bond acceptors (Lipinski definition) is 8. The van der Waals surface area contributed by atoms with Crippen molar-refractivity contribution in [3.63, 3.8) is 0 Å². The van der Waals surface area contributed by atoms with Gasteiger partial charge in [0.05, 0.1) is 12.6 Å². The monoisotopic (exact) mass is 441 g/mol. The van der Waals surface area contributed by atoms with Gasteiger partial charge in [-0.25, -0.2) is 4.79 Å². The number of aromatic nitrogens is 2. The molecule has 2 aliphatic rings. The summed E-state index contributed by atoms with van der Waals surface area (Å²) in [4.78, 5) is 18.7. The van der Waals surface area contributed by atoms with Gasteiger partial charge in [-0.15, -0.1) is 0 Å². The number of amides is 1. The van der Waals surface area contributed by atoms with Crippen LogP contribution in [0.1, 0.15) is 57.4 Å². The highest BCUT2D eigenvalue weighted by Gasteiger charge is 2.30. The summed E-state index contributed by atoms with van der Waals surface area (Å²) in [5.74, 6) is 1.24. The van der Waals surface area contributed by atoms with E-state index in [4.69, 9.17) is 19.4 Å². The molecule has 2 N–H and O–H groups in total. The number of likely N-dealkylation sites (tertiary alicyclic amines) is 1. The van der Waals surface area contributed by atoms with Gasteiger partial charge in [-0.1, -0.05) is 17.3 Å². The third-order valence-electron chi connectivity index (χ3n) is 5.69. The lowest BCUT2D eigenvalue weighted by Crippen LogP contribution is -2.41. The number of rotatable bonds is 5. The zero-order valence-corrected chi connectivity index (χ0v) is 18.9. The molecule has 3 heterocycles. The van der Waals surface area contributed by atoms with Crippen LogP contribution in [0.15, 0.2) is 22.7 Å². The van der Waals surface area contributed by atoms with Crippen LogP contribution in [-0.4, -0.2) is 65.3 Å². The molecule has 9 heteroatoms. The van der Waals surface area contributed by atoms with Crippen LogP contribution in [0.5, 0.6) is 0 Å². The van der Waals surface area contributed by atoms with Crippen molar-refractivity contribution in [3.8, 4) is 11.4 Å². The van der Waals surface area contributed by atoms with Gasteiger partial charge in [0.25, 0.3) is 0 Å². The predicted octanol–water partition coefficient (Wildman–Crippen LogP) is 4.05. The molecule has 172 valence electrons. The second kappa shape index (κ2) is 9.28. The first-order valence-electron chi connectivity index (χ1n) is 11.1. The van der Waals surface area contributed by atoms with Gasteiger partial charge in [-0.2, -0.15) is 4.98 Å². The number of piperidine rings is 1. The van der Waals surface area contributed by atoms with E-state index in [-0.39, 0.29) is 18.1 Å². The Morgan fingerprint density at radius 2 is 2.06 bits per heavy atom. The lowest BCUT2D eigenvalue weighted by molar-refractivity contribution is 0.0198. The molecule has 1 atom stereocenters. The lowest BCUT2D eigenvalue weighted by Gasteiger charge is -2.32. The predicted molar refractivity (Wildman–Crippen MR) is 120 cm³/mol. The Bertz CT molecular complexity index is 954. The molecule has 0 aliphatic carbocycles. The molecule has 0 saturated carbocycles. The van der Waals surface area contributed by atoms with Crippen molar-refractivity contribution in [2.24, 2.45) is 0 Å². The molecule has 1 aromatic heterocycles. The number of carbonyl (C=O) groups is 1. The molecule has 4 rings (SSSR count). The fraction of sp³-hybridized carbons (Fsp3) is 0.565. The molecule has 2 aliphatic heterocycles. The first-order valence-corrected chi connectivity index (χ1v) is 11.1. The van der Waals surface area contributed by atoms with E-state index in [9.17, 15) is 4.79 Å². The molecule has 1 amide bonds. The first-order chi connectivity index (χ1) is 15.3. The van der Waals surface area contributed by atoms with Crippen LogP contribution >= 0.6 is 0 Å². The normalized spacial score (nSPS) is 19.7. The van der Waals surface area contributed by atoms with Gasteiger partial charge < -0.3 is 29.6 Å². The molecule has 2 aromatic rings. The summed E-state index contributed by atoms with van der Waals surface area (Å²) in [6.45, 7) is 8.22. The maximum Gasteiger partial charge on any atom is 0.410 e. The average Bonchev–Trinajstić information content (AvgIpc) is 3.45. The lowest BCUT2D eigenvalue weighted by atomic mass is 9.97. The zero-order chi connectivity index (χ0) is 22.7. The van der Waals surface area contributed by atoms with E-state index in [1.54, 1.807) is 4.90 Å². The summed E-state index contributed by atoms with van der Waals surface area (Å²) < 4.78 is 16.5. The first kappa shape index (κ1) is 22.3.